The molecule has 0 aliphatic carbocycles. The van der Waals surface area contributed by atoms with Crippen LogP contribution in [-0.4, -0.2) is 23.6 Å². The van der Waals surface area contributed by atoms with E-state index in [9.17, 15) is 5.11 Å². The Morgan fingerprint density at radius 3 is 2.43 bits per heavy atom. The van der Waals surface area contributed by atoms with Crippen LogP contribution in [0.2, 0.25) is 0 Å². The Labute approximate surface area is 143 Å². The highest BCUT2D eigenvalue weighted by Gasteiger charge is 2.09. The monoisotopic (exact) mass is 411 g/mol. The van der Waals surface area contributed by atoms with E-state index in [-0.39, 0.29) is 0 Å². The minimum Gasteiger partial charge on any atom is -0.388 e. The molecule has 1 unspecified atom stereocenters. The molecule has 1 atom stereocenters. The van der Waals surface area contributed by atoms with Crippen molar-refractivity contribution < 1.29 is 5.11 Å². The minimum atomic E-state index is -0.414. The average Bonchev–Trinajstić information content (AvgIpc) is 2.45. The van der Waals surface area contributed by atoms with Crippen LogP contribution in [0.5, 0.6) is 0 Å². The van der Waals surface area contributed by atoms with Gasteiger partial charge in [0.15, 0.2) is 0 Å². The zero-order valence-corrected chi connectivity index (χ0v) is 15.1. The van der Waals surface area contributed by atoms with E-state index < -0.39 is 6.10 Å². The normalized spacial score (nSPS) is 12.6. The van der Waals surface area contributed by atoms with Crippen molar-refractivity contribution in [3.8, 4) is 0 Å². The van der Waals surface area contributed by atoms with E-state index in [1.165, 1.54) is 5.56 Å². The summed E-state index contributed by atoms with van der Waals surface area (Å²) < 4.78 is 2.13. The van der Waals surface area contributed by atoms with Crippen molar-refractivity contribution in [3.63, 3.8) is 0 Å². The third-order valence-electron chi connectivity index (χ3n) is 3.38. The SMILES string of the molecule is CN(CCC(O)c1ccc(Br)cc1)Cc1cccc(Br)c1. The van der Waals surface area contributed by atoms with Gasteiger partial charge >= 0.3 is 0 Å². The molecule has 0 heterocycles. The second kappa shape index (κ2) is 8.08. The lowest BCUT2D eigenvalue weighted by molar-refractivity contribution is 0.147. The van der Waals surface area contributed by atoms with Gasteiger partial charge in [-0.15, -0.1) is 0 Å². The number of hydrogen-bond donors (Lipinski definition) is 1. The zero-order chi connectivity index (χ0) is 15.2. The van der Waals surface area contributed by atoms with E-state index in [0.717, 1.165) is 34.0 Å². The van der Waals surface area contributed by atoms with Gasteiger partial charge in [-0.25, -0.2) is 0 Å². The number of aliphatic hydroxyl groups excluding tert-OH is 1. The van der Waals surface area contributed by atoms with Gasteiger partial charge in [0.25, 0.3) is 0 Å². The largest absolute Gasteiger partial charge is 0.388 e. The predicted octanol–water partition coefficient (Wildman–Crippen LogP) is 4.77. The molecule has 21 heavy (non-hydrogen) atoms. The molecular formula is C17H19Br2NO. The van der Waals surface area contributed by atoms with E-state index in [0.29, 0.717) is 0 Å². The van der Waals surface area contributed by atoms with Gasteiger partial charge < -0.3 is 10.0 Å². The fourth-order valence-electron chi connectivity index (χ4n) is 2.22. The lowest BCUT2D eigenvalue weighted by Gasteiger charge is -2.19. The smallest absolute Gasteiger partial charge is 0.0802 e. The first-order valence-electron chi connectivity index (χ1n) is 6.91. The summed E-state index contributed by atoms with van der Waals surface area (Å²) >= 11 is 6.89. The number of aliphatic hydroxyl groups is 1. The molecule has 0 aliphatic heterocycles. The van der Waals surface area contributed by atoms with Crippen molar-refractivity contribution in [1.29, 1.82) is 0 Å². The molecule has 2 rings (SSSR count). The molecule has 0 aliphatic rings. The topological polar surface area (TPSA) is 23.5 Å². The van der Waals surface area contributed by atoms with Gasteiger partial charge in [-0.3, -0.25) is 0 Å². The first-order valence-corrected chi connectivity index (χ1v) is 8.50. The van der Waals surface area contributed by atoms with E-state index in [4.69, 9.17) is 0 Å². The van der Waals surface area contributed by atoms with Gasteiger partial charge in [-0.05, 0) is 48.9 Å². The predicted molar refractivity (Wildman–Crippen MR) is 94.2 cm³/mol. The molecule has 0 fully saturated rings. The first-order chi connectivity index (χ1) is 10.0. The molecule has 0 amide bonds. The highest BCUT2D eigenvalue weighted by Crippen LogP contribution is 2.20. The van der Waals surface area contributed by atoms with E-state index in [1.54, 1.807) is 0 Å². The lowest BCUT2D eigenvalue weighted by atomic mass is 10.1. The number of halogens is 2. The van der Waals surface area contributed by atoms with Gasteiger partial charge in [0.2, 0.25) is 0 Å². The number of hydrogen-bond acceptors (Lipinski definition) is 2. The molecule has 2 aromatic carbocycles. The molecule has 4 heteroatoms. The van der Waals surface area contributed by atoms with Crippen LogP contribution in [0.1, 0.15) is 23.7 Å². The Bertz CT molecular complexity index is 571. The highest BCUT2D eigenvalue weighted by molar-refractivity contribution is 9.10. The van der Waals surface area contributed by atoms with Crippen LogP contribution < -0.4 is 0 Å². The second-order valence-corrected chi connectivity index (χ2v) is 7.06. The molecule has 0 spiro atoms. The maximum atomic E-state index is 10.2. The van der Waals surface area contributed by atoms with Crippen LogP contribution in [0, 0.1) is 0 Å². The molecule has 2 aromatic rings. The van der Waals surface area contributed by atoms with Crippen molar-refractivity contribution >= 4 is 31.9 Å². The van der Waals surface area contributed by atoms with Crippen molar-refractivity contribution in [2.24, 2.45) is 0 Å². The Morgan fingerprint density at radius 2 is 1.76 bits per heavy atom. The fraction of sp³-hybridized carbons (Fsp3) is 0.294. The summed E-state index contributed by atoms with van der Waals surface area (Å²) in [5.74, 6) is 0. The second-order valence-electron chi connectivity index (χ2n) is 5.22. The summed E-state index contributed by atoms with van der Waals surface area (Å²) in [6.45, 7) is 1.73. The summed E-state index contributed by atoms with van der Waals surface area (Å²) in [5, 5.41) is 10.2. The van der Waals surface area contributed by atoms with Crippen LogP contribution in [0.25, 0.3) is 0 Å². The van der Waals surface area contributed by atoms with Crippen molar-refractivity contribution in [3.05, 3.63) is 68.6 Å². The summed E-state index contributed by atoms with van der Waals surface area (Å²) in [6, 6.07) is 16.2. The Hall–Kier alpha value is -0.680. The van der Waals surface area contributed by atoms with Gasteiger partial charge in [0, 0.05) is 22.0 Å². The minimum absolute atomic E-state index is 0.414. The molecule has 0 aromatic heterocycles. The van der Waals surface area contributed by atoms with Gasteiger partial charge in [0.1, 0.15) is 0 Å². The third-order valence-corrected chi connectivity index (χ3v) is 4.40. The quantitative estimate of drug-likeness (QED) is 0.738. The summed E-state index contributed by atoms with van der Waals surface area (Å²) in [5.41, 5.74) is 2.24. The number of nitrogens with zero attached hydrogens (tertiary/aromatic N) is 1. The Balaban J connectivity index is 1.83. The summed E-state index contributed by atoms with van der Waals surface area (Å²) in [6.07, 6.45) is 0.314. The average molecular weight is 413 g/mol. The van der Waals surface area contributed by atoms with Crippen LogP contribution in [-0.2, 0) is 6.54 Å². The lowest BCUT2D eigenvalue weighted by Crippen LogP contribution is -2.20. The first kappa shape index (κ1) is 16.7. The Kier molecular flexibility index (Phi) is 6.42. The summed E-state index contributed by atoms with van der Waals surface area (Å²) in [4.78, 5) is 2.23. The molecule has 2 nitrogen and oxygen atoms in total. The Morgan fingerprint density at radius 1 is 1.05 bits per heavy atom. The maximum Gasteiger partial charge on any atom is 0.0802 e. The van der Waals surface area contributed by atoms with Crippen molar-refractivity contribution in [1.82, 2.24) is 4.90 Å². The highest BCUT2D eigenvalue weighted by atomic mass is 79.9. The molecule has 1 N–H and O–H groups in total. The third kappa shape index (κ3) is 5.55. The van der Waals surface area contributed by atoms with E-state index >= 15 is 0 Å². The van der Waals surface area contributed by atoms with Crippen LogP contribution >= 0.6 is 31.9 Å². The van der Waals surface area contributed by atoms with Crippen LogP contribution in [0.4, 0.5) is 0 Å². The van der Waals surface area contributed by atoms with Crippen LogP contribution in [0.3, 0.4) is 0 Å². The standard InChI is InChI=1S/C17H19Br2NO/c1-20(12-13-3-2-4-16(19)11-13)10-9-17(21)14-5-7-15(18)8-6-14/h2-8,11,17,21H,9-10,12H2,1H3. The van der Waals surface area contributed by atoms with Crippen molar-refractivity contribution in [2.45, 2.75) is 19.1 Å². The molecule has 112 valence electrons. The van der Waals surface area contributed by atoms with Gasteiger partial charge in [-0.2, -0.15) is 0 Å². The number of benzene rings is 2. The zero-order valence-electron chi connectivity index (χ0n) is 12.0. The van der Waals surface area contributed by atoms with Gasteiger partial charge in [0.05, 0.1) is 6.10 Å². The van der Waals surface area contributed by atoms with Crippen molar-refractivity contribution in [2.75, 3.05) is 13.6 Å². The van der Waals surface area contributed by atoms with E-state index in [2.05, 4.69) is 55.9 Å². The van der Waals surface area contributed by atoms with Gasteiger partial charge in [-0.1, -0.05) is 56.1 Å². The molecule has 0 bridgehead atoms. The fourth-order valence-corrected chi connectivity index (χ4v) is 2.93. The molecular weight excluding hydrogens is 394 g/mol. The summed E-state index contributed by atoms with van der Waals surface area (Å²) in [7, 11) is 2.08. The molecule has 0 saturated carbocycles. The molecule has 0 saturated heterocycles. The maximum absolute atomic E-state index is 10.2. The van der Waals surface area contributed by atoms with Crippen LogP contribution in [0.15, 0.2) is 57.5 Å². The van der Waals surface area contributed by atoms with E-state index in [1.807, 2.05) is 36.4 Å². The number of rotatable bonds is 6. The molecule has 0 radical (unpaired) electrons.